The molecule has 2 aromatic rings. The number of benzene rings is 1. The van der Waals surface area contributed by atoms with E-state index in [1.807, 2.05) is 12.4 Å². The van der Waals surface area contributed by atoms with Gasteiger partial charge in [-0.25, -0.2) is 4.98 Å². The quantitative estimate of drug-likeness (QED) is 0.874. The lowest BCUT2D eigenvalue weighted by atomic mass is 10.1. The summed E-state index contributed by atoms with van der Waals surface area (Å²) in [5, 5.41) is 9.35. The predicted molar refractivity (Wildman–Crippen MR) is 93.5 cm³/mol. The van der Waals surface area contributed by atoms with E-state index >= 15 is 0 Å². The lowest BCUT2D eigenvalue weighted by Gasteiger charge is -2.28. The molecule has 110 valence electrons. The van der Waals surface area contributed by atoms with Crippen LogP contribution in [-0.2, 0) is 0 Å². The van der Waals surface area contributed by atoms with E-state index in [1.165, 1.54) is 16.0 Å². The molecular weight excluding hydrogens is 298 g/mol. The number of hydrogen-bond acceptors (Lipinski definition) is 5. The molecule has 1 aromatic heterocycles. The van der Waals surface area contributed by atoms with E-state index in [0.717, 1.165) is 17.1 Å². The largest absolute Gasteiger partial charge is 0.354 e. The maximum atomic E-state index is 4.32. The Morgan fingerprint density at radius 2 is 1.86 bits per heavy atom. The molecule has 1 atom stereocenters. The molecule has 2 heterocycles. The van der Waals surface area contributed by atoms with Crippen LogP contribution in [0.4, 0.5) is 5.69 Å². The molecule has 0 bridgehead atoms. The fraction of sp³-hybridized carbons (Fsp3) is 0.312. The number of anilines is 1. The Balaban J connectivity index is 1.77. The molecule has 1 aliphatic rings. The number of thioether (sulfide) groups is 1. The Labute approximate surface area is 133 Å². The fourth-order valence-corrected chi connectivity index (χ4v) is 4.27. The third-order valence-corrected chi connectivity index (χ3v) is 5.37. The second kappa shape index (κ2) is 5.39. The highest BCUT2D eigenvalue weighted by Crippen LogP contribution is 2.38. The summed E-state index contributed by atoms with van der Waals surface area (Å²) in [6.45, 7) is 8.46. The first-order valence-electron chi connectivity index (χ1n) is 6.88. The van der Waals surface area contributed by atoms with Gasteiger partial charge in [-0.15, -0.1) is 11.3 Å². The minimum absolute atomic E-state index is 0.230. The Hall–Kier alpha value is -1.46. The van der Waals surface area contributed by atoms with Gasteiger partial charge in [-0.3, -0.25) is 0 Å². The summed E-state index contributed by atoms with van der Waals surface area (Å²) in [7, 11) is 0. The molecule has 0 spiro atoms. The highest BCUT2D eigenvalue weighted by Gasteiger charge is 2.31. The number of thiazole rings is 1. The van der Waals surface area contributed by atoms with Crippen molar-refractivity contribution in [1.82, 2.24) is 10.3 Å². The summed E-state index contributed by atoms with van der Waals surface area (Å²) in [6.07, 6.45) is 0. The van der Waals surface area contributed by atoms with Crippen LogP contribution in [0.15, 0.2) is 29.1 Å². The zero-order valence-electron chi connectivity index (χ0n) is 12.7. The maximum absolute atomic E-state index is 4.32. The predicted octanol–water partition coefficient (Wildman–Crippen LogP) is 4.49. The van der Waals surface area contributed by atoms with Crippen molar-refractivity contribution in [3.05, 3.63) is 50.8 Å². The molecule has 5 heteroatoms. The Morgan fingerprint density at radius 3 is 2.48 bits per heavy atom. The Kier molecular flexibility index (Phi) is 3.71. The van der Waals surface area contributed by atoms with E-state index in [2.05, 4.69) is 60.0 Å². The summed E-state index contributed by atoms with van der Waals surface area (Å²) in [5.41, 5.74) is 7.82. The number of aryl methyl sites for hydroxylation is 3. The van der Waals surface area contributed by atoms with Gasteiger partial charge in [-0.1, -0.05) is 17.8 Å². The molecule has 21 heavy (non-hydrogen) atoms. The van der Waals surface area contributed by atoms with Gasteiger partial charge < -0.3 is 10.6 Å². The summed E-state index contributed by atoms with van der Waals surface area (Å²) >= 11 is 3.44. The molecule has 0 saturated carbocycles. The maximum Gasteiger partial charge on any atom is 0.158 e. The molecule has 2 N–H and O–H groups in total. The third kappa shape index (κ3) is 3.09. The van der Waals surface area contributed by atoms with E-state index in [-0.39, 0.29) is 4.99 Å². The molecule has 0 amide bonds. The van der Waals surface area contributed by atoms with Gasteiger partial charge in [0.25, 0.3) is 0 Å². The summed E-state index contributed by atoms with van der Waals surface area (Å²) in [4.78, 5) is 5.31. The van der Waals surface area contributed by atoms with Crippen LogP contribution in [-0.4, -0.2) is 9.98 Å². The number of nitrogens with zero attached hydrogens (tertiary/aromatic N) is 1. The fourth-order valence-electron chi connectivity index (χ4n) is 2.55. The van der Waals surface area contributed by atoms with Crippen LogP contribution in [0.3, 0.4) is 0 Å². The van der Waals surface area contributed by atoms with Gasteiger partial charge in [-0.05, 0) is 56.4 Å². The van der Waals surface area contributed by atoms with E-state index in [4.69, 9.17) is 0 Å². The first kappa shape index (κ1) is 14.5. The van der Waals surface area contributed by atoms with E-state index < -0.39 is 0 Å². The molecule has 0 aliphatic carbocycles. The zero-order chi connectivity index (χ0) is 15.0. The van der Waals surface area contributed by atoms with Crippen LogP contribution in [0.5, 0.6) is 0 Å². The second-order valence-corrected chi connectivity index (χ2v) is 7.72. The van der Waals surface area contributed by atoms with Gasteiger partial charge in [-0.2, -0.15) is 0 Å². The minimum atomic E-state index is -0.230. The van der Waals surface area contributed by atoms with Gasteiger partial charge in [0.05, 0.1) is 21.8 Å². The van der Waals surface area contributed by atoms with Gasteiger partial charge in [0.1, 0.15) is 0 Å². The molecule has 0 saturated heterocycles. The van der Waals surface area contributed by atoms with Crippen LogP contribution in [0.2, 0.25) is 0 Å². The molecule has 1 aliphatic heterocycles. The van der Waals surface area contributed by atoms with Crippen molar-refractivity contribution in [3.63, 3.8) is 0 Å². The molecule has 3 rings (SSSR count). The minimum Gasteiger partial charge on any atom is -0.354 e. The lowest BCUT2D eigenvalue weighted by Crippen LogP contribution is -2.41. The smallest absolute Gasteiger partial charge is 0.158 e. The lowest BCUT2D eigenvalue weighted by molar-refractivity contribution is 0.682. The molecule has 1 unspecified atom stereocenters. The Bertz CT molecular complexity index is 685. The zero-order valence-corrected chi connectivity index (χ0v) is 14.3. The highest BCUT2D eigenvalue weighted by molar-refractivity contribution is 8.04. The van der Waals surface area contributed by atoms with Crippen molar-refractivity contribution in [1.29, 1.82) is 0 Å². The van der Waals surface area contributed by atoms with Crippen molar-refractivity contribution >= 4 is 34.5 Å². The molecular formula is C16H19N3S2. The van der Waals surface area contributed by atoms with E-state index in [1.54, 1.807) is 23.1 Å². The van der Waals surface area contributed by atoms with E-state index in [0.29, 0.717) is 0 Å². The van der Waals surface area contributed by atoms with E-state index in [9.17, 15) is 0 Å². The van der Waals surface area contributed by atoms with Crippen LogP contribution in [0.25, 0.3) is 5.70 Å². The van der Waals surface area contributed by atoms with Crippen LogP contribution >= 0.6 is 23.1 Å². The second-order valence-electron chi connectivity index (χ2n) is 5.58. The average molecular weight is 317 g/mol. The summed E-state index contributed by atoms with van der Waals surface area (Å²) < 4.78 is 0. The monoisotopic (exact) mass is 317 g/mol. The van der Waals surface area contributed by atoms with Crippen LogP contribution < -0.4 is 10.6 Å². The average Bonchev–Trinajstić information content (AvgIpc) is 2.94. The van der Waals surface area contributed by atoms with Crippen molar-refractivity contribution in [2.75, 3.05) is 5.32 Å². The van der Waals surface area contributed by atoms with Crippen molar-refractivity contribution in [3.8, 4) is 0 Å². The van der Waals surface area contributed by atoms with Gasteiger partial charge in [0.15, 0.2) is 4.99 Å². The summed E-state index contributed by atoms with van der Waals surface area (Å²) in [6, 6.07) is 6.54. The molecule has 3 nitrogen and oxygen atoms in total. The molecule has 0 fully saturated rings. The topological polar surface area (TPSA) is 37.0 Å². The standard InChI is InChI=1S/C16H19N3S2/c1-10-5-11(2)7-13(6-10)18-16(4)19-14(8-21-16)15-12(3)17-9-20-15/h5-9,18-19H,1-4H3. The molecule has 0 radical (unpaired) electrons. The number of aromatic nitrogens is 1. The summed E-state index contributed by atoms with van der Waals surface area (Å²) in [5.74, 6) is 0. The Morgan fingerprint density at radius 1 is 1.14 bits per heavy atom. The van der Waals surface area contributed by atoms with Gasteiger partial charge >= 0.3 is 0 Å². The number of nitrogens with one attached hydrogen (secondary N) is 2. The highest BCUT2D eigenvalue weighted by atomic mass is 32.2. The van der Waals surface area contributed by atoms with Crippen molar-refractivity contribution < 1.29 is 0 Å². The van der Waals surface area contributed by atoms with Crippen molar-refractivity contribution in [2.24, 2.45) is 0 Å². The molecule has 1 aromatic carbocycles. The normalized spacial score (nSPS) is 21.0. The first-order chi connectivity index (χ1) is 9.95. The number of hydrogen-bond donors (Lipinski definition) is 2. The number of rotatable bonds is 3. The third-order valence-electron chi connectivity index (χ3n) is 3.38. The van der Waals surface area contributed by atoms with Crippen LogP contribution in [0, 0.1) is 20.8 Å². The SMILES string of the molecule is Cc1cc(C)cc(NC2(C)NC(c3scnc3C)=CS2)c1. The van der Waals surface area contributed by atoms with Crippen LogP contribution in [0.1, 0.15) is 28.6 Å². The van der Waals surface area contributed by atoms with Crippen molar-refractivity contribution in [2.45, 2.75) is 32.7 Å². The van der Waals surface area contributed by atoms with Gasteiger partial charge in [0, 0.05) is 5.69 Å². The van der Waals surface area contributed by atoms with Gasteiger partial charge in [0.2, 0.25) is 0 Å². The first-order valence-corrected chi connectivity index (χ1v) is 8.64.